The maximum Gasteiger partial charge on any atom is 0.242 e. The van der Waals surface area contributed by atoms with Crippen LogP contribution < -0.4 is 9.62 Å². The number of nitrogens with one attached hydrogen (secondary N) is 1. The van der Waals surface area contributed by atoms with Crippen molar-refractivity contribution in [3.8, 4) is 0 Å². The molecule has 2 aromatic rings. The molecule has 10 heteroatoms. The Bertz CT molecular complexity index is 1050. The zero-order chi connectivity index (χ0) is 23.9. The minimum Gasteiger partial charge on any atom is -0.357 e. The maximum atomic E-state index is 14.2. The summed E-state index contributed by atoms with van der Waals surface area (Å²) >= 11 is 3.37. The first-order valence-electron chi connectivity index (χ1n) is 10.0. The normalized spacial score (nSPS) is 12.2. The number of benzene rings is 2. The first-order chi connectivity index (χ1) is 15.0. The van der Waals surface area contributed by atoms with Gasteiger partial charge in [-0.1, -0.05) is 40.2 Å². The Balaban J connectivity index is 2.14. The largest absolute Gasteiger partial charge is 0.357 e. The molecular formula is C22H27BrFN3O4S. The highest BCUT2D eigenvalue weighted by Gasteiger charge is 2.26. The van der Waals surface area contributed by atoms with Crippen LogP contribution in [0.5, 0.6) is 0 Å². The van der Waals surface area contributed by atoms with Gasteiger partial charge < -0.3 is 10.2 Å². The van der Waals surface area contributed by atoms with E-state index in [1.54, 1.807) is 13.0 Å². The van der Waals surface area contributed by atoms with E-state index in [0.29, 0.717) is 0 Å². The van der Waals surface area contributed by atoms with E-state index in [-0.39, 0.29) is 43.4 Å². The van der Waals surface area contributed by atoms with Crippen LogP contribution in [0.15, 0.2) is 53.0 Å². The van der Waals surface area contributed by atoms with E-state index in [0.717, 1.165) is 20.6 Å². The molecule has 32 heavy (non-hydrogen) atoms. The minimum absolute atomic E-state index is 0.00165. The van der Waals surface area contributed by atoms with Gasteiger partial charge in [0.05, 0.1) is 11.9 Å². The molecule has 2 aromatic carbocycles. The second-order valence-corrected chi connectivity index (χ2v) is 10.2. The summed E-state index contributed by atoms with van der Waals surface area (Å²) in [4.78, 5) is 26.7. The van der Waals surface area contributed by atoms with Crippen LogP contribution in [0.25, 0.3) is 0 Å². The monoisotopic (exact) mass is 527 g/mol. The van der Waals surface area contributed by atoms with Crippen molar-refractivity contribution in [1.82, 2.24) is 10.2 Å². The average molecular weight is 528 g/mol. The lowest BCUT2D eigenvalue weighted by atomic mass is 10.1. The zero-order valence-electron chi connectivity index (χ0n) is 18.2. The van der Waals surface area contributed by atoms with Crippen molar-refractivity contribution in [2.75, 3.05) is 24.2 Å². The van der Waals surface area contributed by atoms with Crippen molar-refractivity contribution in [2.24, 2.45) is 0 Å². The number of hydrogen-bond acceptors (Lipinski definition) is 4. The molecule has 174 valence electrons. The number of likely N-dealkylation sites (N-methyl/N-ethyl adjacent to an activating group) is 1. The second-order valence-electron chi connectivity index (χ2n) is 7.33. The zero-order valence-corrected chi connectivity index (χ0v) is 20.6. The molecular weight excluding hydrogens is 501 g/mol. The van der Waals surface area contributed by atoms with Gasteiger partial charge in [0, 0.05) is 31.0 Å². The van der Waals surface area contributed by atoms with Crippen molar-refractivity contribution in [3.05, 3.63) is 64.4 Å². The first-order valence-corrected chi connectivity index (χ1v) is 12.7. The molecule has 0 bridgehead atoms. The Labute approximate surface area is 196 Å². The molecule has 7 nitrogen and oxygen atoms in total. The van der Waals surface area contributed by atoms with Gasteiger partial charge in [0.1, 0.15) is 11.9 Å². The van der Waals surface area contributed by atoms with Gasteiger partial charge in [-0.25, -0.2) is 12.8 Å². The third-order valence-electron chi connectivity index (χ3n) is 4.95. The van der Waals surface area contributed by atoms with Gasteiger partial charge in [-0.15, -0.1) is 0 Å². The molecule has 0 fully saturated rings. The van der Waals surface area contributed by atoms with Crippen molar-refractivity contribution < 1.29 is 22.4 Å². The number of carbonyl (C=O) groups excluding carboxylic acids is 2. The summed E-state index contributed by atoms with van der Waals surface area (Å²) in [6.45, 7) is 1.80. The summed E-state index contributed by atoms with van der Waals surface area (Å²) < 4.78 is 40.4. The second kappa shape index (κ2) is 11.4. The summed E-state index contributed by atoms with van der Waals surface area (Å²) in [5, 5.41) is 2.55. The van der Waals surface area contributed by atoms with Crippen LogP contribution >= 0.6 is 15.9 Å². The van der Waals surface area contributed by atoms with Crippen LogP contribution in [-0.2, 0) is 26.2 Å². The van der Waals surface area contributed by atoms with E-state index < -0.39 is 21.9 Å². The molecule has 0 saturated heterocycles. The molecule has 1 atom stereocenters. The van der Waals surface area contributed by atoms with Crippen molar-refractivity contribution in [2.45, 2.75) is 32.4 Å². The number of para-hydroxylation sites is 1. The molecule has 0 aliphatic carbocycles. The Morgan fingerprint density at radius 3 is 2.31 bits per heavy atom. The van der Waals surface area contributed by atoms with E-state index in [1.165, 1.54) is 30.1 Å². The van der Waals surface area contributed by atoms with E-state index in [9.17, 15) is 22.4 Å². The topological polar surface area (TPSA) is 86.8 Å². The fourth-order valence-electron chi connectivity index (χ4n) is 3.21. The molecule has 0 radical (unpaired) electrons. The number of hydrogen-bond donors (Lipinski definition) is 1. The minimum atomic E-state index is -3.75. The highest BCUT2D eigenvalue weighted by molar-refractivity contribution is 9.10. The van der Waals surface area contributed by atoms with Gasteiger partial charge in [-0.3, -0.25) is 13.9 Å². The van der Waals surface area contributed by atoms with Gasteiger partial charge in [0.25, 0.3) is 0 Å². The van der Waals surface area contributed by atoms with Crippen molar-refractivity contribution >= 4 is 43.5 Å². The van der Waals surface area contributed by atoms with E-state index in [2.05, 4.69) is 21.2 Å². The van der Waals surface area contributed by atoms with Gasteiger partial charge in [0.15, 0.2) is 0 Å². The first kappa shape index (κ1) is 25.8. The molecule has 2 amide bonds. The third-order valence-corrected chi connectivity index (χ3v) is 6.66. The summed E-state index contributed by atoms with van der Waals surface area (Å²) in [7, 11) is -2.25. The van der Waals surface area contributed by atoms with E-state index in [4.69, 9.17) is 0 Å². The average Bonchev–Trinajstić information content (AvgIpc) is 2.75. The van der Waals surface area contributed by atoms with Gasteiger partial charge in [0.2, 0.25) is 21.8 Å². The molecule has 2 rings (SSSR count). The molecule has 0 heterocycles. The summed E-state index contributed by atoms with van der Waals surface area (Å²) in [6, 6.07) is 12.3. The summed E-state index contributed by atoms with van der Waals surface area (Å²) in [6.07, 6.45) is 1.16. The standard InChI is InChI=1S/C22H27BrFN3O4S/c1-16(22(29)25-2)26(15-17-10-12-18(23)13-11-17)21(28)9-6-14-27(32(3,30)31)20-8-5-4-7-19(20)24/h4-5,7-8,10-13,16H,6,9,14-15H2,1-3H3,(H,25,29). The Kier molecular flexibility index (Phi) is 9.21. The van der Waals surface area contributed by atoms with Crippen LogP contribution in [0, 0.1) is 5.82 Å². The summed E-state index contributed by atoms with van der Waals surface area (Å²) in [5.74, 6) is -1.26. The highest BCUT2D eigenvalue weighted by atomic mass is 79.9. The van der Waals surface area contributed by atoms with Crippen molar-refractivity contribution in [3.63, 3.8) is 0 Å². The number of carbonyl (C=O) groups is 2. The molecule has 0 aliphatic heterocycles. The summed E-state index contributed by atoms with van der Waals surface area (Å²) in [5.41, 5.74) is 0.786. The predicted molar refractivity (Wildman–Crippen MR) is 126 cm³/mol. The van der Waals surface area contributed by atoms with Crippen LogP contribution in [0.2, 0.25) is 0 Å². The smallest absolute Gasteiger partial charge is 0.242 e. The fourth-order valence-corrected chi connectivity index (χ4v) is 4.44. The van der Waals surface area contributed by atoms with E-state index >= 15 is 0 Å². The predicted octanol–water partition coefficient (Wildman–Crippen LogP) is 3.30. The number of anilines is 1. The Hall–Kier alpha value is -2.46. The molecule has 0 saturated carbocycles. The Morgan fingerprint density at radius 2 is 1.75 bits per heavy atom. The lowest BCUT2D eigenvalue weighted by Crippen LogP contribution is -2.46. The lowest BCUT2D eigenvalue weighted by molar-refractivity contribution is -0.140. The van der Waals surface area contributed by atoms with Crippen LogP contribution in [0.1, 0.15) is 25.3 Å². The SMILES string of the molecule is CNC(=O)C(C)N(Cc1ccc(Br)cc1)C(=O)CCCN(c1ccccc1F)S(C)(=O)=O. The number of sulfonamides is 1. The number of halogens is 2. The van der Waals surface area contributed by atoms with Gasteiger partial charge in [-0.2, -0.15) is 0 Å². The molecule has 0 spiro atoms. The third kappa shape index (κ3) is 7.03. The van der Waals surface area contributed by atoms with Crippen molar-refractivity contribution in [1.29, 1.82) is 0 Å². The van der Waals surface area contributed by atoms with Gasteiger partial charge >= 0.3 is 0 Å². The molecule has 1 unspecified atom stereocenters. The highest BCUT2D eigenvalue weighted by Crippen LogP contribution is 2.22. The maximum absolute atomic E-state index is 14.2. The quantitative estimate of drug-likeness (QED) is 0.513. The molecule has 0 aliphatic rings. The molecule has 0 aromatic heterocycles. The van der Waals surface area contributed by atoms with Gasteiger partial charge in [-0.05, 0) is 43.2 Å². The van der Waals surface area contributed by atoms with Crippen LogP contribution in [0.3, 0.4) is 0 Å². The fraction of sp³-hybridized carbons (Fsp3) is 0.364. The number of nitrogens with zero attached hydrogens (tertiary/aromatic N) is 2. The van der Waals surface area contributed by atoms with Crippen LogP contribution in [0.4, 0.5) is 10.1 Å². The lowest BCUT2D eigenvalue weighted by Gasteiger charge is -2.29. The van der Waals surface area contributed by atoms with Crippen LogP contribution in [-0.4, -0.2) is 51.0 Å². The molecule has 1 N–H and O–H groups in total. The van der Waals surface area contributed by atoms with E-state index in [1.807, 2.05) is 24.3 Å². The Morgan fingerprint density at radius 1 is 1.12 bits per heavy atom. The number of amides is 2. The number of rotatable bonds is 10.